The first-order valence-corrected chi connectivity index (χ1v) is 14.1. The fourth-order valence-corrected chi connectivity index (χ4v) is 5.83. The van der Waals surface area contributed by atoms with Crippen molar-refractivity contribution in [3.05, 3.63) is 83.1 Å². The lowest BCUT2D eigenvalue weighted by Crippen LogP contribution is -2.51. The molecule has 1 amide bonds. The first-order chi connectivity index (χ1) is 18.5. The molecule has 2 aromatic rings. The molecule has 0 aliphatic carbocycles. The predicted molar refractivity (Wildman–Crippen MR) is 144 cm³/mol. The normalized spacial score (nSPS) is 16.9. The van der Waals surface area contributed by atoms with Gasteiger partial charge < -0.3 is 25.0 Å². The zero-order chi connectivity index (χ0) is 28.5. The van der Waals surface area contributed by atoms with Crippen LogP contribution in [0.5, 0.6) is 0 Å². The van der Waals surface area contributed by atoms with Crippen molar-refractivity contribution in [1.82, 2.24) is 9.62 Å². The Balaban J connectivity index is 1.82. The Morgan fingerprint density at radius 1 is 1.13 bits per heavy atom. The fraction of sp³-hybridized carbons (Fsp3) is 0.429. The number of nitrogens with zero attached hydrogens (tertiary/aromatic N) is 2. The Morgan fingerprint density at radius 2 is 1.74 bits per heavy atom. The van der Waals surface area contributed by atoms with Crippen LogP contribution in [0, 0.1) is 16.7 Å². The summed E-state index contributed by atoms with van der Waals surface area (Å²) in [6.07, 6.45) is -1.38. The van der Waals surface area contributed by atoms with Crippen molar-refractivity contribution in [2.45, 2.75) is 58.0 Å². The molecule has 3 N–H and O–H groups in total. The number of ether oxygens (including phenoxy) is 2. The van der Waals surface area contributed by atoms with Gasteiger partial charge in [-0.2, -0.15) is 9.57 Å². The highest BCUT2D eigenvalue weighted by molar-refractivity contribution is 7.92. The van der Waals surface area contributed by atoms with E-state index < -0.39 is 51.6 Å². The van der Waals surface area contributed by atoms with Gasteiger partial charge in [-0.15, -0.1) is 0 Å². The number of aliphatic hydroxyl groups excluding tert-OH is 1. The predicted octanol–water partition coefficient (Wildman–Crippen LogP) is 3.60. The number of amides is 1. The highest BCUT2D eigenvalue weighted by Gasteiger charge is 2.39. The number of rotatable bonds is 14. The lowest BCUT2D eigenvalue weighted by atomic mass is 9.88. The van der Waals surface area contributed by atoms with Crippen LogP contribution in [0.3, 0.4) is 0 Å². The number of nitrogens with one attached hydrogen (secondary N) is 1. The van der Waals surface area contributed by atoms with E-state index in [0.29, 0.717) is 12.8 Å². The van der Waals surface area contributed by atoms with Gasteiger partial charge in [-0.3, -0.25) is 0 Å². The minimum Gasteiger partial charge on any atom is -0.465 e. The van der Waals surface area contributed by atoms with Crippen LogP contribution in [-0.2, 0) is 32.3 Å². The van der Waals surface area contributed by atoms with E-state index in [2.05, 4.69) is 11.4 Å². The molecule has 1 aliphatic heterocycles. The molecule has 0 bridgehead atoms. The number of benzene rings is 2. The number of sulfonamides is 1. The summed E-state index contributed by atoms with van der Waals surface area (Å²) in [4.78, 5) is 11.5. The summed E-state index contributed by atoms with van der Waals surface area (Å²) in [5, 5.41) is 31.5. The topological polar surface area (TPSA) is 149 Å². The SMILES string of the molecule is CC(C)(CCC#N)CN(C[C@H](O)[C@H](Cc1ccccc1)NC(=O)O)S(=O)(=O)C1=COC(Cc2ccccc2)O1. The Hall–Kier alpha value is -3.59. The molecule has 0 saturated heterocycles. The minimum absolute atomic E-state index is 0.0384. The molecule has 0 aromatic heterocycles. The van der Waals surface area contributed by atoms with Crippen molar-refractivity contribution in [2.75, 3.05) is 13.1 Å². The van der Waals surface area contributed by atoms with Gasteiger partial charge in [0.15, 0.2) is 0 Å². The van der Waals surface area contributed by atoms with Gasteiger partial charge in [0.25, 0.3) is 15.1 Å². The van der Waals surface area contributed by atoms with Crippen molar-refractivity contribution in [2.24, 2.45) is 5.41 Å². The average Bonchev–Trinajstić information content (AvgIpc) is 3.37. The lowest BCUT2D eigenvalue weighted by Gasteiger charge is -2.34. The Labute approximate surface area is 229 Å². The molecule has 0 saturated carbocycles. The third kappa shape index (κ3) is 8.99. The molecule has 1 heterocycles. The maximum absolute atomic E-state index is 13.8. The molecule has 210 valence electrons. The number of carbonyl (C=O) groups is 1. The van der Waals surface area contributed by atoms with Gasteiger partial charge in [-0.05, 0) is 29.4 Å². The number of hydrogen-bond acceptors (Lipinski definition) is 7. The molecule has 1 unspecified atom stereocenters. The van der Waals surface area contributed by atoms with Gasteiger partial charge in [0.1, 0.15) is 6.26 Å². The molecular weight excluding hydrogens is 522 g/mol. The van der Waals surface area contributed by atoms with Crippen LogP contribution in [0.2, 0.25) is 0 Å². The standard InChI is InChI=1S/C28H35N3O7S/c1-28(2,14-9-15-29)20-31(18-24(32)23(30-27(33)34)16-21-10-5-3-6-11-21)39(35,36)26-19-37-25(38-26)17-22-12-7-4-8-13-22/h3-8,10-13,19,23-25,30,32H,9,14,16-18,20H2,1-2H3,(H,33,34)/t23-,24-,25?/m0/s1. The highest BCUT2D eigenvalue weighted by atomic mass is 32.2. The Kier molecular flexibility index (Phi) is 10.3. The molecule has 2 aromatic carbocycles. The third-order valence-corrected chi connectivity index (χ3v) is 8.04. The molecule has 0 spiro atoms. The van der Waals surface area contributed by atoms with E-state index in [4.69, 9.17) is 14.7 Å². The molecule has 39 heavy (non-hydrogen) atoms. The zero-order valence-electron chi connectivity index (χ0n) is 22.1. The zero-order valence-corrected chi connectivity index (χ0v) is 22.9. The van der Waals surface area contributed by atoms with Crippen molar-refractivity contribution >= 4 is 16.1 Å². The lowest BCUT2D eigenvalue weighted by molar-refractivity contribution is -0.0249. The van der Waals surface area contributed by atoms with Crippen molar-refractivity contribution in [3.63, 3.8) is 0 Å². The summed E-state index contributed by atoms with van der Waals surface area (Å²) in [6, 6.07) is 19.4. The molecule has 10 nitrogen and oxygen atoms in total. The van der Waals surface area contributed by atoms with Gasteiger partial charge in [0.05, 0.1) is 18.2 Å². The number of hydrogen-bond donors (Lipinski definition) is 3. The van der Waals surface area contributed by atoms with Crippen LogP contribution >= 0.6 is 0 Å². The summed E-state index contributed by atoms with van der Waals surface area (Å²) in [7, 11) is -4.29. The summed E-state index contributed by atoms with van der Waals surface area (Å²) >= 11 is 0. The largest absolute Gasteiger partial charge is 0.465 e. The molecule has 3 rings (SSSR count). The van der Waals surface area contributed by atoms with Crippen LogP contribution in [0.4, 0.5) is 4.79 Å². The van der Waals surface area contributed by atoms with Crippen molar-refractivity contribution < 1.29 is 32.9 Å². The molecular formula is C28H35N3O7S. The van der Waals surface area contributed by atoms with E-state index in [1.54, 1.807) is 24.3 Å². The van der Waals surface area contributed by atoms with Crippen LogP contribution < -0.4 is 5.32 Å². The number of carboxylic acid groups (broad SMARTS) is 1. The molecule has 0 fully saturated rings. The maximum atomic E-state index is 13.8. The second-order valence-corrected chi connectivity index (χ2v) is 12.1. The van der Waals surface area contributed by atoms with E-state index >= 15 is 0 Å². The van der Waals surface area contributed by atoms with Gasteiger partial charge in [0.2, 0.25) is 6.29 Å². The van der Waals surface area contributed by atoms with E-state index in [9.17, 15) is 23.4 Å². The monoisotopic (exact) mass is 557 g/mol. The number of nitriles is 1. The van der Waals surface area contributed by atoms with Gasteiger partial charge >= 0.3 is 6.09 Å². The maximum Gasteiger partial charge on any atom is 0.404 e. The van der Waals surface area contributed by atoms with Gasteiger partial charge in [-0.1, -0.05) is 74.5 Å². The van der Waals surface area contributed by atoms with E-state index in [1.165, 1.54) is 0 Å². The third-order valence-electron chi connectivity index (χ3n) is 6.38. The minimum atomic E-state index is -4.29. The molecule has 11 heteroatoms. The first-order valence-electron chi connectivity index (χ1n) is 12.6. The van der Waals surface area contributed by atoms with Crippen LogP contribution in [0.15, 0.2) is 72.0 Å². The Bertz CT molecular complexity index is 1260. The highest BCUT2D eigenvalue weighted by Crippen LogP contribution is 2.30. The van der Waals surface area contributed by atoms with Crippen molar-refractivity contribution in [1.29, 1.82) is 5.26 Å². The molecule has 1 aliphatic rings. The van der Waals surface area contributed by atoms with Crippen LogP contribution in [0.1, 0.15) is 37.8 Å². The van der Waals surface area contributed by atoms with Gasteiger partial charge in [0, 0.05) is 25.9 Å². The average molecular weight is 558 g/mol. The molecule has 3 atom stereocenters. The van der Waals surface area contributed by atoms with E-state index in [-0.39, 0.29) is 19.4 Å². The van der Waals surface area contributed by atoms with E-state index in [1.807, 2.05) is 50.2 Å². The van der Waals surface area contributed by atoms with Crippen molar-refractivity contribution in [3.8, 4) is 6.07 Å². The summed E-state index contributed by atoms with van der Waals surface area (Å²) < 4.78 is 39.8. The smallest absolute Gasteiger partial charge is 0.404 e. The first kappa shape index (κ1) is 30.0. The summed E-state index contributed by atoms with van der Waals surface area (Å²) in [5.74, 6) is 0. The summed E-state index contributed by atoms with van der Waals surface area (Å²) in [5.41, 5.74) is 1.06. The van der Waals surface area contributed by atoms with E-state index in [0.717, 1.165) is 21.7 Å². The second-order valence-electron chi connectivity index (χ2n) is 10.2. The van der Waals surface area contributed by atoms with Gasteiger partial charge in [-0.25, -0.2) is 13.2 Å². The quantitative estimate of drug-likeness (QED) is 0.319. The Morgan fingerprint density at radius 3 is 2.33 bits per heavy atom. The second kappa shape index (κ2) is 13.5. The summed E-state index contributed by atoms with van der Waals surface area (Å²) in [6.45, 7) is 3.22. The number of aliphatic hydroxyl groups is 1. The van der Waals surface area contributed by atoms with Crippen LogP contribution in [-0.4, -0.2) is 60.6 Å². The van der Waals surface area contributed by atoms with Crippen LogP contribution in [0.25, 0.3) is 0 Å². The molecule has 0 radical (unpaired) electrons. The fourth-order valence-electron chi connectivity index (χ4n) is 4.31.